The van der Waals surface area contributed by atoms with Gasteiger partial charge in [-0.25, -0.2) is 4.79 Å². The predicted molar refractivity (Wildman–Crippen MR) is 73.6 cm³/mol. The molecule has 4 nitrogen and oxygen atoms in total. The van der Waals surface area contributed by atoms with E-state index >= 15 is 0 Å². The Kier molecular flexibility index (Phi) is 4.31. The second-order valence-corrected chi connectivity index (χ2v) is 7.31. The molecule has 0 aromatic rings. The molecule has 0 aromatic carbocycles. The molecule has 1 atom stereocenters. The fraction of sp³-hybridized carbons (Fsp3) is 0.929. The standard InChI is InChI=1S/C14H28N2O2/c1-12(2,3)14(7-8-15-9-14)10-16-11(17)18-13(4,5)6/h15H,7-10H2,1-6H3,(H,16,17). The van der Waals surface area contributed by atoms with Gasteiger partial charge in [0.25, 0.3) is 0 Å². The number of hydrogen-bond donors (Lipinski definition) is 2. The van der Waals surface area contributed by atoms with Crippen LogP contribution in [0.15, 0.2) is 0 Å². The largest absolute Gasteiger partial charge is 0.444 e. The zero-order chi connectivity index (χ0) is 14.0. The van der Waals surface area contributed by atoms with E-state index in [1.165, 1.54) is 0 Å². The van der Waals surface area contributed by atoms with Gasteiger partial charge in [0.2, 0.25) is 0 Å². The molecule has 1 fully saturated rings. The van der Waals surface area contributed by atoms with E-state index in [-0.39, 0.29) is 16.9 Å². The van der Waals surface area contributed by atoms with Gasteiger partial charge in [-0.15, -0.1) is 0 Å². The average Bonchev–Trinajstić information content (AvgIpc) is 2.60. The van der Waals surface area contributed by atoms with Crippen molar-refractivity contribution >= 4 is 6.09 Å². The van der Waals surface area contributed by atoms with Crippen molar-refractivity contribution in [2.75, 3.05) is 19.6 Å². The maximum atomic E-state index is 11.7. The zero-order valence-electron chi connectivity index (χ0n) is 12.6. The summed E-state index contributed by atoms with van der Waals surface area (Å²) in [5.41, 5.74) is -0.164. The quantitative estimate of drug-likeness (QED) is 0.798. The topological polar surface area (TPSA) is 50.4 Å². The van der Waals surface area contributed by atoms with Crippen molar-refractivity contribution in [2.24, 2.45) is 10.8 Å². The van der Waals surface area contributed by atoms with Crippen molar-refractivity contribution in [3.05, 3.63) is 0 Å². The molecule has 1 amide bonds. The first-order valence-electron chi connectivity index (χ1n) is 6.73. The van der Waals surface area contributed by atoms with Gasteiger partial charge in [-0.1, -0.05) is 20.8 Å². The Labute approximate surface area is 111 Å². The lowest BCUT2D eigenvalue weighted by atomic mass is 9.66. The van der Waals surface area contributed by atoms with Crippen LogP contribution in [0.2, 0.25) is 0 Å². The van der Waals surface area contributed by atoms with Crippen LogP contribution in [0.5, 0.6) is 0 Å². The molecule has 0 bridgehead atoms. The number of amides is 1. The van der Waals surface area contributed by atoms with Crippen molar-refractivity contribution in [2.45, 2.75) is 53.6 Å². The van der Waals surface area contributed by atoms with Crippen molar-refractivity contribution in [1.82, 2.24) is 10.6 Å². The molecule has 0 saturated carbocycles. The van der Waals surface area contributed by atoms with Crippen molar-refractivity contribution in [3.8, 4) is 0 Å². The number of carbonyl (C=O) groups is 1. The third-order valence-electron chi connectivity index (χ3n) is 3.80. The summed E-state index contributed by atoms with van der Waals surface area (Å²) in [6.07, 6.45) is 0.768. The number of ether oxygens (including phenoxy) is 1. The summed E-state index contributed by atoms with van der Waals surface area (Å²) in [4.78, 5) is 11.7. The highest BCUT2D eigenvalue weighted by Crippen LogP contribution is 2.42. The van der Waals surface area contributed by atoms with E-state index in [1.54, 1.807) is 0 Å². The molecule has 1 saturated heterocycles. The summed E-state index contributed by atoms with van der Waals surface area (Å²) in [7, 11) is 0. The normalized spacial score (nSPS) is 25.0. The SMILES string of the molecule is CC(C)(C)OC(=O)NCC1(C(C)(C)C)CCNC1. The van der Waals surface area contributed by atoms with E-state index in [0.29, 0.717) is 6.54 Å². The van der Waals surface area contributed by atoms with E-state index in [4.69, 9.17) is 4.74 Å². The van der Waals surface area contributed by atoms with Crippen molar-refractivity contribution in [3.63, 3.8) is 0 Å². The fourth-order valence-corrected chi connectivity index (χ4v) is 2.36. The van der Waals surface area contributed by atoms with Gasteiger partial charge in [0.05, 0.1) is 0 Å². The molecular weight excluding hydrogens is 228 g/mol. The Morgan fingerprint density at radius 1 is 1.28 bits per heavy atom. The molecule has 4 heteroatoms. The van der Waals surface area contributed by atoms with E-state index in [0.717, 1.165) is 19.5 Å². The van der Waals surface area contributed by atoms with E-state index in [1.807, 2.05) is 20.8 Å². The average molecular weight is 256 g/mol. The van der Waals surface area contributed by atoms with Gasteiger partial charge in [-0.3, -0.25) is 0 Å². The maximum Gasteiger partial charge on any atom is 0.407 e. The number of hydrogen-bond acceptors (Lipinski definition) is 3. The number of rotatable bonds is 2. The van der Waals surface area contributed by atoms with Crippen molar-refractivity contribution < 1.29 is 9.53 Å². The van der Waals surface area contributed by atoms with E-state index < -0.39 is 5.60 Å². The molecule has 2 N–H and O–H groups in total. The van der Waals surface area contributed by atoms with Crippen LogP contribution in [0.1, 0.15) is 48.0 Å². The predicted octanol–water partition coefficient (Wildman–Crippen LogP) is 2.54. The van der Waals surface area contributed by atoms with Gasteiger partial charge in [0.15, 0.2) is 0 Å². The summed E-state index contributed by atoms with van der Waals surface area (Å²) in [5.74, 6) is 0. The van der Waals surface area contributed by atoms with Crippen LogP contribution in [0.3, 0.4) is 0 Å². The summed E-state index contributed by atoms with van der Waals surface area (Å²) in [6.45, 7) is 15.0. The van der Waals surface area contributed by atoms with E-state index in [2.05, 4.69) is 31.4 Å². The third kappa shape index (κ3) is 3.87. The van der Waals surface area contributed by atoms with Crippen LogP contribution in [0, 0.1) is 10.8 Å². The highest BCUT2D eigenvalue weighted by Gasteiger charge is 2.44. The molecule has 106 valence electrons. The Morgan fingerprint density at radius 2 is 1.89 bits per heavy atom. The number of carbonyl (C=O) groups excluding carboxylic acids is 1. The lowest BCUT2D eigenvalue weighted by molar-refractivity contribution is 0.0437. The zero-order valence-corrected chi connectivity index (χ0v) is 12.6. The second kappa shape index (κ2) is 5.08. The monoisotopic (exact) mass is 256 g/mol. The molecule has 1 aliphatic heterocycles. The molecule has 1 unspecified atom stereocenters. The van der Waals surface area contributed by atoms with Crippen LogP contribution in [-0.4, -0.2) is 31.3 Å². The summed E-state index contributed by atoms with van der Waals surface area (Å²) >= 11 is 0. The van der Waals surface area contributed by atoms with Crippen LogP contribution >= 0.6 is 0 Å². The first-order valence-corrected chi connectivity index (χ1v) is 6.73. The van der Waals surface area contributed by atoms with Gasteiger partial charge < -0.3 is 15.4 Å². The van der Waals surface area contributed by atoms with Gasteiger partial charge in [0, 0.05) is 18.5 Å². The molecule has 18 heavy (non-hydrogen) atoms. The lowest BCUT2D eigenvalue weighted by Gasteiger charge is -2.41. The van der Waals surface area contributed by atoms with E-state index in [9.17, 15) is 4.79 Å². The fourth-order valence-electron chi connectivity index (χ4n) is 2.36. The van der Waals surface area contributed by atoms with Crippen molar-refractivity contribution in [1.29, 1.82) is 0 Å². The Morgan fingerprint density at radius 3 is 2.28 bits per heavy atom. The minimum Gasteiger partial charge on any atom is -0.444 e. The van der Waals surface area contributed by atoms with Crippen LogP contribution in [0.25, 0.3) is 0 Å². The van der Waals surface area contributed by atoms with Crippen LogP contribution in [0.4, 0.5) is 4.79 Å². The minimum absolute atomic E-state index is 0.115. The van der Waals surface area contributed by atoms with Crippen LogP contribution in [-0.2, 0) is 4.74 Å². The third-order valence-corrected chi connectivity index (χ3v) is 3.80. The smallest absolute Gasteiger partial charge is 0.407 e. The molecule has 1 heterocycles. The first-order chi connectivity index (χ1) is 8.06. The lowest BCUT2D eigenvalue weighted by Crippen LogP contribution is -2.48. The Balaban J connectivity index is 2.57. The van der Waals surface area contributed by atoms with Gasteiger partial charge >= 0.3 is 6.09 Å². The minimum atomic E-state index is -0.438. The second-order valence-electron chi connectivity index (χ2n) is 7.31. The maximum absolute atomic E-state index is 11.7. The molecule has 1 rings (SSSR count). The highest BCUT2D eigenvalue weighted by molar-refractivity contribution is 5.67. The molecule has 0 aliphatic carbocycles. The van der Waals surface area contributed by atoms with Gasteiger partial charge in [0.1, 0.15) is 5.60 Å². The number of nitrogens with one attached hydrogen (secondary N) is 2. The number of alkyl carbamates (subject to hydrolysis) is 1. The molecule has 0 radical (unpaired) electrons. The first kappa shape index (κ1) is 15.3. The molecular formula is C14H28N2O2. The van der Waals surface area contributed by atoms with Gasteiger partial charge in [-0.2, -0.15) is 0 Å². The molecule has 0 aromatic heterocycles. The highest BCUT2D eigenvalue weighted by atomic mass is 16.6. The Bertz CT molecular complexity index is 294. The summed E-state index contributed by atoms with van der Waals surface area (Å²) in [5, 5.41) is 6.33. The molecule has 0 spiro atoms. The summed E-state index contributed by atoms with van der Waals surface area (Å²) in [6, 6.07) is 0. The molecule has 1 aliphatic rings. The summed E-state index contributed by atoms with van der Waals surface area (Å²) < 4.78 is 5.28. The Hall–Kier alpha value is -0.770. The van der Waals surface area contributed by atoms with Gasteiger partial charge in [-0.05, 0) is 39.2 Å². The van der Waals surface area contributed by atoms with Crippen LogP contribution < -0.4 is 10.6 Å².